The minimum Gasteiger partial charge on any atom is -0.506 e. The summed E-state index contributed by atoms with van der Waals surface area (Å²) in [6.07, 6.45) is 0. The number of para-hydroxylation sites is 2. The van der Waals surface area contributed by atoms with Gasteiger partial charge in [0.15, 0.2) is 0 Å². The van der Waals surface area contributed by atoms with Crippen LogP contribution in [0.2, 0.25) is 0 Å². The van der Waals surface area contributed by atoms with Crippen molar-refractivity contribution in [3.63, 3.8) is 0 Å². The maximum atomic E-state index is 11.1. The first-order valence-corrected chi connectivity index (χ1v) is 7.40. The van der Waals surface area contributed by atoms with E-state index in [1.165, 1.54) is 12.1 Å². The van der Waals surface area contributed by atoms with Crippen LogP contribution in [0.25, 0.3) is 11.1 Å². The highest BCUT2D eigenvalue weighted by atomic mass is 16.6. The van der Waals surface area contributed by atoms with Crippen molar-refractivity contribution in [2.75, 3.05) is 0 Å². The van der Waals surface area contributed by atoms with Gasteiger partial charge < -0.3 is 5.11 Å². The Morgan fingerprint density at radius 3 is 2.25 bits per heavy atom. The summed E-state index contributed by atoms with van der Waals surface area (Å²) >= 11 is 0. The van der Waals surface area contributed by atoms with E-state index in [1.807, 2.05) is 24.3 Å². The number of phenols is 1. The van der Waals surface area contributed by atoms with Crippen molar-refractivity contribution in [2.24, 2.45) is 4.99 Å². The molecule has 1 aliphatic rings. The summed E-state index contributed by atoms with van der Waals surface area (Å²) in [4.78, 5) is 15.3. The second-order valence-electron chi connectivity index (χ2n) is 5.48. The van der Waals surface area contributed by atoms with Gasteiger partial charge >= 0.3 is 0 Å². The Hall–Kier alpha value is -3.47. The van der Waals surface area contributed by atoms with Crippen molar-refractivity contribution in [1.82, 2.24) is 0 Å². The minimum atomic E-state index is -0.416. The first kappa shape index (κ1) is 14.1. The fourth-order valence-corrected chi connectivity index (χ4v) is 2.95. The van der Waals surface area contributed by atoms with Gasteiger partial charge in [0.2, 0.25) is 0 Å². The average Bonchev–Trinajstić information content (AvgIpc) is 2.90. The lowest BCUT2D eigenvalue weighted by atomic mass is 10.1. The van der Waals surface area contributed by atoms with E-state index in [-0.39, 0.29) is 11.4 Å². The van der Waals surface area contributed by atoms with E-state index in [1.54, 1.807) is 30.3 Å². The summed E-state index contributed by atoms with van der Waals surface area (Å²) in [5, 5.41) is 21.1. The second kappa shape index (κ2) is 5.31. The Morgan fingerprint density at radius 1 is 0.833 bits per heavy atom. The standard InChI is InChI=1S/C19H12N2O3/c22-18-8-4-3-7-17(18)20-19-15-6-2-1-5-13(15)14-10-9-12(21(23)24)11-16(14)19/h1-11,22H. The monoisotopic (exact) mass is 316 g/mol. The number of hydrogen-bond donors (Lipinski definition) is 1. The summed E-state index contributed by atoms with van der Waals surface area (Å²) in [6.45, 7) is 0. The Kier molecular flexibility index (Phi) is 3.13. The number of rotatable bonds is 2. The summed E-state index contributed by atoms with van der Waals surface area (Å²) < 4.78 is 0. The molecule has 24 heavy (non-hydrogen) atoms. The van der Waals surface area contributed by atoms with Crippen LogP contribution in [-0.2, 0) is 0 Å². The summed E-state index contributed by atoms with van der Waals surface area (Å²) in [5.74, 6) is 0.0707. The van der Waals surface area contributed by atoms with Crippen LogP contribution in [0.3, 0.4) is 0 Å². The van der Waals surface area contributed by atoms with Crippen molar-refractivity contribution >= 4 is 17.1 Å². The molecule has 5 heteroatoms. The smallest absolute Gasteiger partial charge is 0.270 e. The number of benzene rings is 3. The van der Waals surface area contributed by atoms with Gasteiger partial charge in [0.05, 0.1) is 10.6 Å². The molecule has 3 aromatic rings. The van der Waals surface area contributed by atoms with Gasteiger partial charge in [-0.1, -0.05) is 36.4 Å². The highest BCUT2D eigenvalue weighted by Crippen LogP contribution is 2.40. The van der Waals surface area contributed by atoms with Gasteiger partial charge in [-0.15, -0.1) is 0 Å². The number of aliphatic imine (C=N–C) groups is 1. The fraction of sp³-hybridized carbons (Fsp3) is 0. The van der Waals surface area contributed by atoms with Crippen LogP contribution in [0, 0.1) is 10.1 Å². The van der Waals surface area contributed by atoms with Gasteiger partial charge in [0, 0.05) is 23.3 Å². The number of nitro groups is 1. The van der Waals surface area contributed by atoms with E-state index in [9.17, 15) is 15.2 Å². The van der Waals surface area contributed by atoms with Crippen LogP contribution in [0.15, 0.2) is 71.7 Å². The van der Waals surface area contributed by atoms with Crippen molar-refractivity contribution in [2.45, 2.75) is 0 Å². The first-order valence-electron chi connectivity index (χ1n) is 7.40. The van der Waals surface area contributed by atoms with Gasteiger partial charge in [-0.25, -0.2) is 4.99 Å². The predicted molar refractivity (Wildman–Crippen MR) is 91.9 cm³/mol. The third-order valence-corrected chi connectivity index (χ3v) is 4.06. The van der Waals surface area contributed by atoms with Gasteiger partial charge in [0.25, 0.3) is 5.69 Å². The Balaban J connectivity index is 1.99. The lowest BCUT2D eigenvalue weighted by Gasteiger charge is -2.04. The molecule has 0 bridgehead atoms. The molecule has 116 valence electrons. The molecule has 0 atom stereocenters. The molecule has 0 unspecified atom stereocenters. The number of nitro benzene ring substituents is 1. The second-order valence-corrected chi connectivity index (χ2v) is 5.48. The van der Waals surface area contributed by atoms with Crippen LogP contribution in [0.1, 0.15) is 11.1 Å². The average molecular weight is 316 g/mol. The normalized spacial score (nSPS) is 13.6. The van der Waals surface area contributed by atoms with Gasteiger partial charge in [-0.05, 0) is 29.3 Å². The molecule has 0 aliphatic heterocycles. The molecule has 0 spiro atoms. The van der Waals surface area contributed by atoms with E-state index >= 15 is 0 Å². The van der Waals surface area contributed by atoms with E-state index < -0.39 is 4.92 Å². The van der Waals surface area contributed by atoms with Crippen molar-refractivity contribution in [3.05, 3.63) is 88.0 Å². The van der Waals surface area contributed by atoms with Crippen LogP contribution in [0.5, 0.6) is 5.75 Å². The van der Waals surface area contributed by atoms with Gasteiger partial charge in [-0.2, -0.15) is 0 Å². The molecule has 0 aromatic heterocycles. The predicted octanol–water partition coefficient (Wildman–Crippen LogP) is 4.45. The third-order valence-electron chi connectivity index (χ3n) is 4.06. The number of nitrogens with zero attached hydrogens (tertiary/aromatic N) is 2. The zero-order chi connectivity index (χ0) is 16.7. The first-order chi connectivity index (χ1) is 11.6. The van der Waals surface area contributed by atoms with E-state index in [4.69, 9.17) is 0 Å². The topological polar surface area (TPSA) is 75.7 Å². The molecule has 0 heterocycles. The van der Waals surface area contributed by atoms with Crippen LogP contribution in [0.4, 0.5) is 11.4 Å². The van der Waals surface area contributed by atoms with Crippen LogP contribution in [-0.4, -0.2) is 15.7 Å². The number of non-ortho nitro benzene ring substituents is 1. The molecule has 0 saturated heterocycles. The van der Waals surface area contributed by atoms with Crippen molar-refractivity contribution in [1.29, 1.82) is 0 Å². The Bertz CT molecular complexity index is 1010. The molecule has 4 rings (SSSR count). The summed E-state index contributed by atoms with van der Waals surface area (Å²) in [6, 6.07) is 19.3. The van der Waals surface area contributed by atoms with Crippen LogP contribution >= 0.6 is 0 Å². The van der Waals surface area contributed by atoms with Gasteiger partial charge in [0.1, 0.15) is 11.4 Å². The highest BCUT2D eigenvalue weighted by Gasteiger charge is 2.26. The van der Waals surface area contributed by atoms with Gasteiger partial charge in [-0.3, -0.25) is 10.1 Å². The maximum absolute atomic E-state index is 11.1. The Morgan fingerprint density at radius 2 is 1.50 bits per heavy atom. The zero-order valence-corrected chi connectivity index (χ0v) is 12.5. The Labute approximate surface area is 137 Å². The molecular weight excluding hydrogens is 304 g/mol. The number of hydrogen-bond acceptors (Lipinski definition) is 4. The third kappa shape index (κ3) is 2.14. The molecule has 0 radical (unpaired) electrons. The maximum Gasteiger partial charge on any atom is 0.270 e. The molecule has 1 aliphatic carbocycles. The number of fused-ring (bicyclic) bond motifs is 3. The van der Waals surface area contributed by atoms with Crippen molar-refractivity contribution in [3.8, 4) is 16.9 Å². The molecule has 1 N–H and O–H groups in total. The van der Waals surface area contributed by atoms with E-state index in [0.717, 1.165) is 16.7 Å². The van der Waals surface area contributed by atoms with Crippen molar-refractivity contribution < 1.29 is 10.0 Å². The molecule has 0 saturated carbocycles. The molecule has 0 fully saturated rings. The molecule has 0 amide bonds. The quantitative estimate of drug-likeness (QED) is 0.438. The number of aromatic hydroxyl groups is 1. The zero-order valence-electron chi connectivity index (χ0n) is 12.5. The minimum absolute atomic E-state index is 0.0199. The lowest BCUT2D eigenvalue weighted by molar-refractivity contribution is -0.384. The fourth-order valence-electron chi connectivity index (χ4n) is 2.95. The summed E-state index contributed by atoms with van der Waals surface area (Å²) in [7, 11) is 0. The largest absolute Gasteiger partial charge is 0.506 e. The summed E-state index contributed by atoms with van der Waals surface area (Å²) in [5.41, 5.74) is 4.57. The SMILES string of the molecule is O=[N+]([O-])c1ccc2c(c1)C(=Nc1ccccc1O)c1ccccc1-2. The lowest BCUT2D eigenvalue weighted by Crippen LogP contribution is -1.99. The molecule has 5 nitrogen and oxygen atoms in total. The highest BCUT2D eigenvalue weighted by molar-refractivity contribution is 6.25. The van der Waals surface area contributed by atoms with Crippen LogP contribution < -0.4 is 0 Å². The number of phenolic OH excluding ortho intramolecular Hbond substituents is 1. The molecule has 3 aromatic carbocycles. The van der Waals surface area contributed by atoms with E-state index in [2.05, 4.69) is 4.99 Å². The van der Waals surface area contributed by atoms with E-state index in [0.29, 0.717) is 17.0 Å². The molecular formula is C19H12N2O3.